The molecule has 3 heterocycles. The van der Waals surface area contributed by atoms with Gasteiger partial charge in [0, 0.05) is 42.5 Å². The molecule has 4 rings (SSSR count). The summed E-state index contributed by atoms with van der Waals surface area (Å²) in [6.45, 7) is 0.623. The van der Waals surface area contributed by atoms with Crippen molar-refractivity contribution in [3.63, 3.8) is 0 Å². The lowest BCUT2D eigenvalue weighted by Crippen LogP contribution is -2.39. The number of fused-ring (bicyclic) bond motifs is 1. The van der Waals surface area contributed by atoms with E-state index < -0.39 is 0 Å². The SMILES string of the molecule is Cn1cc([C@H]2OCC[C@@H]2NC(=O)Nc2cccc3[nH]ccc23)cn1. The Morgan fingerprint density at radius 3 is 3.17 bits per heavy atom. The van der Waals surface area contributed by atoms with E-state index in [1.165, 1.54) is 0 Å². The van der Waals surface area contributed by atoms with E-state index in [-0.39, 0.29) is 18.2 Å². The van der Waals surface area contributed by atoms with Crippen LogP contribution in [0.25, 0.3) is 10.9 Å². The Morgan fingerprint density at radius 2 is 2.33 bits per heavy atom. The van der Waals surface area contributed by atoms with Crippen LogP contribution in [0.3, 0.4) is 0 Å². The molecule has 124 valence electrons. The molecule has 3 N–H and O–H groups in total. The first-order valence-corrected chi connectivity index (χ1v) is 7.94. The second-order valence-corrected chi connectivity index (χ2v) is 5.98. The van der Waals surface area contributed by atoms with Gasteiger partial charge in [0.15, 0.2) is 0 Å². The zero-order valence-electron chi connectivity index (χ0n) is 13.3. The van der Waals surface area contributed by atoms with Crippen molar-refractivity contribution in [2.24, 2.45) is 7.05 Å². The van der Waals surface area contributed by atoms with Gasteiger partial charge in [0.1, 0.15) is 6.10 Å². The van der Waals surface area contributed by atoms with E-state index in [0.29, 0.717) is 6.61 Å². The molecule has 1 saturated heterocycles. The fourth-order valence-corrected chi connectivity index (χ4v) is 3.17. The molecular formula is C17H19N5O2. The van der Waals surface area contributed by atoms with E-state index in [9.17, 15) is 4.79 Å². The van der Waals surface area contributed by atoms with Gasteiger partial charge in [-0.05, 0) is 24.6 Å². The molecule has 0 aliphatic carbocycles. The summed E-state index contributed by atoms with van der Waals surface area (Å²) in [5.74, 6) is 0. The largest absolute Gasteiger partial charge is 0.371 e. The number of amides is 2. The number of benzene rings is 1. The minimum atomic E-state index is -0.229. The van der Waals surface area contributed by atoms with Crippen molar-refractivity contribution in [1.29, 1.82) is 0 Å². The Hall–Kier alpha value is -2.80. The predicted molar refractivity (Wildman–Crippen MR) is 90.8 cm³/mol. The van der Waals surface area contributed by atoms with Crippen molar-refractivity contribution in [2.45, 2.75) is 18.6 Å². The van der Waals surface area contributed by atoms with Gasteiger partial charge >= 0.3 is 6.03 Å². The maximum Gasteiger partial charge on any atom is 0.319 e. The first-order chi connectivity index (χ1) is 11.7. The molecule has 1 aliphatic heterocycles. The number of aryl methyl sites for hydroxylation is 1. The van der Waals surface area contributed by atoms with Gasteiger partial charge in [0.25, 0.3) is 0 Å². The average Bonchev–Trinajstić information content (AvgIpc) is 3.27. The van der Waals surface area contributed by atoms with Crippen molar-refractivity contribution in [1.82, 2.24) is 20.1 Å². The van der Waals surface area contributed by atoms with E-state index in [1.54, 1.807) is 10.9 Å². The Labute approximate surface area is 139 Å². The van der Waals surface area contributed by atoms with Crippen molar-refractivity contribution in [3.8, 4) is 0 Å². The highest BCUT2D eigenvalue weighted by Gasteiger charge is 2.31. The van der Waals surface area contributed by atoms with Gasteiger partial charge in [0.2, 0.25) is 0 Å². The monoisotopic (exact) mass is 325 g/mol. The lowest BCUT2D eigenvalue weighted by molar-refractivity contribution is 0.100. The number of rotatable bonds is 3. The molecule has 3 aromatic rings. The molecule has 0 radical (unpaired) electrons. The Kier molecular flexibility index (Phi) is 3.70. The zero-order valence-corrected chi connectivity index (χ0v) is 13.3. The number of carbonyl (C=O) groups is 1. The van der Waals surface area contributed by atoms with Crippen LogP contribution in [0, 0.1) is 0 Å². The van der Waals surface area contributed by atoms with Crippen LogP contribution in [0.4, 0.5) is 10.5 Å². The summed E-state index contributed by atoms with van der Waals surface area (Å²) >= 11 is 0. The van der Waals surface area contributed by atoms with E-state index >= 15 is 0 Å². The summed E-state index contributed by atoms with van der Waals surface area (Å²) in [6.07, 6.45) is 6.18. The van der Waals surface area contributed by atoms with Crippen LogP contribution >= 0.6 is 0 Å². The van der Waals surface area contributed by atoms with Gasteiger partial charge < -0.3 is 20.4 Å². The number of hydrogen-bond acceptors (Lipinski definition) is 3. The fourth-order valence-electron chi connectivity index (χ4n) is 3.17. The molecule has 7 heteroatoms. The van der Waals surface area contributed by atoms with E-state index in [0.717, 1.165) is 28.6 Å². The summed E-state index contributed by atoms with van der Waals surface area (Å²) in [5.41, 5.74) is 2.75. The van der Waals surface area contributed by atoms with Crippen molar-refractivity contribution in [2.75, 3.05) is 11.9 Å². The first-order valence-electron chi connectivity index (χ1n) is 7.94. The normalized spacial score (nSPS) is 20.4. The van der Waals surface area contributed by atoms with Crippen molar-refractivity contribution >= 4 is 22.6 Å². The van der Waals surface area contributed by atoms with Crippen molar-refractivity contribution in [3.05, 3.63) is 48.4 Å². The van der Waals surface area contributed by atoms with Gasteiger partial charge in [-0.25, -0.2) is 4.79 Å². The number of H-pyrrole nitrogens is 1. The van der Waals surface area contributed by atoms with Crippen LogP contribution in [0.1, 0.15) is 18.1 Å². The second-order valence-electron chi connectivity index (χ2n) is 5.98. The molecule has 0 spiro atoms. The Balaban J connectivity index is 1.46. The van der Waals surface area contributed by atoms with Crippen LogP contribution in [0.5, 0.6) is 0 Å². The molecule has 2 amide bonds. The van der Waals surface area contributed by atoms with Crippen LogP contribution in [0.2, 0.25) is 0 Å². The number of ether oxygens (including phenoxy) is 1. The van der Waals surface area contributed by atoms with E-state index in [2.05, 4.69) is 20.7 Å². The number of carbonyl (C=O) groups excluding carboxylic acids is 1. The summed E-state index contributed by atoms with van der Waals surface area (Å²) in [7, 11) is 1.87. The maximum absolute atomic E-state index is 12.4. The lowest BCUT2D eigenvalue weighted by atomic mass is 10.1. The predicted octanol–water partition coefficient (Wildman–Crippen LogP) is 2.55. The van der Waals surface area contributed by atoms with Gasteiger partial charge in [-0.1, -0.05) is 6.07 Å². The molecule has 1 fully saturated rings. The van der Waals surface area contributed by atoms with E-state index in [1.807, 2.05) is 43.7 Å². The summed E-state index contributed by atoms with van der Waals surface area (Å²) in [4.78, 5) is 15.5. The molecule has 2 atom stereocenters. The summed E-state index contributed by atoms with van der Waals surface area (Å²) < 4.78 is 7.51. The number of urea groups is 1. The molecule has 0 bridgehead atoms. The smallest absolute Gasteiger partial charge is 0.319 e. The second kappa shape index (κ2) is 6.01. The van der Waals surface area contributed by atoms with E-state index in [4.69, 9.17) is 4.74 Å². The topological polar surface area (TPSA) is 84.0 Å². The number of aromatic nitrogens is 3. The molecule has 1 aromatic carbocycles. The zero-order chi connectivity index (χ0) is 16.5. The lowest BCUT2D eigenvalue weighted by Gasteiger charge is -2.19. The third-order valence-electron chi connectivity index (χ3n) is 4.30. The van der Waals surface area contributed by atoms with Crippen molar-refractivity contribution < 1.29 is 9.53 Å². The number of nitrogens with one attached hydrogen (secondary N) is 3. The van der Waals surface area contributed by atoms with Gasteiger partial charge in [0.05, 0.1) is 17.9 Å². The molecule has 0 unspecified atom stereocenters. The third-order valence-corrected chi connectivity index (χ3v) is 4.30. The summed E-state index contributed by atoms with van der Waals surface area (Å²) in [5, 5.41) is 11.1. The maximum atomic E-state index is 12.4. The average molecular weight is 325 g/mol. The number of aromatic amines is 1. The Bertz CT molecular complexity index is 869. The fraction of sp³-hybridized carbons (Fsp3) is 0.294. The minimum Gasteiger partial charge on any atom is -0.371 e. The molecular weight excluding hydrogens is 306 g/mol. The van der Waals surface area contributed by atoms with Gasteiger partial charge in [-0.2, -0.15) is 5.10 Å². The molecule has 7 nitrogen and oxygen atoms in total. The summed E-state index contributed by atoms with van der Waals surface area (Å²) in [6, 6.07) is 7.42. The quantitative estimate of drug-likeness (QED) is 0.692. The minimum absolute atomic E-state index is 0.0698. The molecule has 0 saturated carbocycles. The highest BCUT2D eigenvalue weighted by Crippen LogP contribution is 2.29. The van der Waals surface area contributed by atoms with Crippen LogP contribution in [-0.2, 0) is 11.8 Å². The Morgan fingerprint density at radius 1 is 1.42 bits per heavy atom. The standard InChI is InChI=1S/C17H19N5O2/c1-22-10-11(9-19-22)16-15(6-8-24-16)21-17(23)20-14-4-2-3-13-12(14)5-7-18-13/h2-5,7,9-10,15-16,18H,6,8H2,1H3,(H2,20,21,23)/t15-,16+/m0/s1. The van der Waals surface area contributed by atoms with Gasteiger partial charge in [-0.15, -0.1) is 0 Å². The third kappa shape index (κ3) is 2.74. The number of hydrogen-bond donors (Lipinski definition) is 3. The van der Waals surface area contributed by atoms with Crippen LogP contribution in [-0.4, -0.2) is 33.4 Å². The highest BCUT2D eigenvalue weighted by atomic mass is 16.5. The van der Waals surface area contributed by atoms with Gasteiger partial charge in [-0.3, -0.25) is 4.68 Å². The number of nitrogens with zero attached hydrogens (tertiary/aromatic N) is 2. The molecule has 2 aromatic heterocycles. The highest BCUT2D eigenvalue weighted by molar-refractivity contribution is 6.00. The first kappa shape index (κ1) is 14.8. The van der Waals surface area contributed by atoms with Crippen LogP contribution < -0.4 is 10.6 Å². The molecule has 1 aliphatic rings. The molecule has 24 heavy (non-hydrogen) atoms. The van der Waals surface area contributed by atoms with Crippen LogP contribution in [0.15, 0.2) is 42.9 Å². The number of anilines is 1.